The standard InChI is InChI=1S/C22H24O10/c1-29-20(27)13-7-12(8-14(9-13)21(28)30-2)11-3-5-15(6-4-11)31-22-19(26)18(25)17(24)16(10-23)32-22/h3-9,16-19,22-26H,10H2,1-2H3/t16-,17-,18+,19+,22+/m1/s1. The van der Waals surface area contributed by atoms with Crippen molar-refractivity contribution in [3.8, 4) is 16.9 Å². The third kappa shape index (κ3) is 4.90. The molecule has 0 spiro atoms. The van der Waals surface area contributed by atoms with Crippen molar-refractivity contribution in [2.75, 3.05) is 20.8 Å². The lowest BCUT2D eigenvalue weighted by molar-refractivity contribution is -0.277. The first-order chi connectivity index (χ1) is 15.3. The molecule has 0 radical (unpaired) electrons. The van der Waals surface area contributed by atoms with Gasteiger partial charge in [0.2, 0.25) is 6.29 Å². The number of carbonyl (C=O) groups excluding carboxylic acids is 2. The Morgan fingerprint density at radius 2 is 1.41 bits per heavy atom. The van der Waals surface area contributed by atoms with E-state index in [2.05, 4.69) is 0 Å². The molecule has 0 aromatic heterocycles. The molecule has 1 saturated heterocycles. The maximum atomic E-state index is 12.0. The second kappa shape index (κ2) is 10.1. The van der Waals surface area contributed by atoms with Crippen molar-refractivity contribution in [2.45, 2.75) is 30.7 Å². The predicted octanol–water partition coefficient (Wildman–Crippen LogP) is 0.105. The number of methoxy groups -OCH3 is 2. The Kier molecular flexibility index (Phi) is 7.44. The van der Waals surface area contributed by atoms with Crippen LogP contribution in [0.3, 0.4) is 0 Å². The number of aliphatic hydroxyl groups excluding tert-OH is 4. The normalized spacial score (nSPS) is 25.1. The van der Waals surface area contributed by atoms with Crippen LogP contribution in [0.4, 0.5) is 0 Å². The van der Waals surface area contributed by atoms with Gasteiger partial charge in [0, 0.05) is 0 Å². The van der Waals surface area contributed by atoms with Gasteiger partial charge in [0.1, 0.15) is 30.2 Å². The molecule has 2 aromatic rings. The van der Waals surface area contributed by atoms with Crippen molar-refractivity contribution in [3.63, 3.8) is 0 Å². The van der Waals surface area contributed by atoms with Crippen molar-refractivity contribution in [1.82, 2.24) is 0 Å². The number of esters is 2. The van der Waals surface area contributed by atoms with Gasteiger partial charge >= 0.3 is 11.9 Å². The molecule has 1 fully saturated rings. The highest BCUT2D eigenvalue weighted by Gasteiger charge is 2.44. The first kappa shape index (κ1) is 23.6. The molecule has 1 aliphatic heterocycles. The zero-order valence-electron chi connectivity index (χ0n) is 17.4. The number of rotatable bonds is 6. The van der Waals surface area contributed by atoms with Crippen LogP contribution in [0.1, 0.15) is 20.7 Å². The van der Waals surface area contributed by atoms with E-state index in [0.29, 0.717) is 11.1 Å². The van der Waals surface area contributed by atoms with Gasteiger partial charge in [-0.1, -0.05) is 12.1 Å². The van der Waals surface area contributed by atoms with Gasteiger partial charge in [0.25, 0.3) is 0 Å². The van der Waals surface area contributed by atoms with Gasteiger partial charge in [-0.15, -0.1) is 0 Å². The lowest BCUT2D eigenvalue weighted by atomic mass is 9.99. The molecule has 32 heavy (non-hydrogen) atoms. The second-order valence-corrected chi connectivity index (χ2v) is 7.12. The largest absolute Gasteiger partial charge is 0.465 e. The summed E-state index contributed by atoms with van der Waals surface area (Å²) in [6, 6.07) is 10.9. The number of aliphatic hydroxyl groups is 4. The second-order valence-electron chi connectivity index (χ2n) is 7.12. The average molecular weight is 448 g/mol. The molecule has 1 heterocycles. The predicted molar refractivity (Wildman–Crippen MR) is 109 cm³/mol. The van der Waals surface area contributed by atoms with Gasteiger partial charge in [-0.05, 0) is 41.5 Å². The van der Waals surface area contributed by atoms with Gasteiger partial charge < -0.3 is 39.4 Å². The first-order valence-corrected chi connectivity index (χ1v) is 9.68. The van der Waals surface area contributed by atoms with E-state index in [1.165, 1.54) is 20.3 Å². The fraction of sp³-hybridized carbons (Fsp3) is 0.364. The van der Waals surface area contributed by atoms with E-state index in [1.54, 1.807) is 36.4 Å². The van der Waals surface area contributed by atoms with E-state index >= 15 is 0 Å². The Hall–Kier alpha value is -3.02. The molecule has 0 unspecified atom stereocenters. The fourth-order valence-electron chi connectivity index (χ4n) is 3.29. The van der Waals surface area contributed by atoms with Gasteiger partial charge in [-0.25, -0.2) is 9.59 Å². The Morgan fingerprint density at radius 1 is 0.844 bits per heavy atom. The molecule has 0 aliphatic carbocycles. The molecule has 2 aromatic carbocycles. The Labute approximate surface area is 183 Å². The molecular weight excluding hydrogens is 424 g/mol. The van der Waals surface area contributed by atoms with Crippen LogP contribution >= 0.6 is 0 Å². The topological polar surface area (TPSA) is 152 Å². The molecule has 1 aliphatic rings. The van der Waals surface area contributed by atoms with Gasteiger partial charge in [0.15, 0.2) is 0 Å². The molecule has 10 heteroatoms. The van der Waals surface area contributed by atoms with Gasteiger partial charge in [-0.2, -0.15) is 0 Å². The third-order valence-electron chi connectivity index (χ3n) is 5.06. The number of ether oxygens (including phenoxy) is 4. The fourth-order valence-corrected chi connectivity index (χ4v) is 3.29. The molecule has 10 nitrogen and oxygen atoms in total. The summed E-state index contributed by atoms with van der Waals surface area (Å²) in [5.41, 5.74) is 1.54. The molecular formula is C22H24O10. The van der Waals surface area contributed by atoms with Crippen molar-refractivity contribution >= 4 is 11.9 Å². The summed E-state index contributed by atoms with van der Waals surface area (Å²) in [5, 5.41) is 39.1. The Balaban J connectivity index is 1.84. The molecule has 0 saturated carbocycles. The van der Waals surface area contributed by atoms with Crippen LogP contribution in [0.5, 0.6) is 5.75 Å². The number of hydrogen-bond acceptors (Lipinski definition) is 10. The highest BCUT2D eigenvalue weighted by molar-refractivity contribution is 5.97. The maximum Gasteiger partial charge on any atom is 0.337 e. The van der Waals surface area contributed by atoms with Gasteiger partial charge in [-0.3, -0.25) is 0 Å². The van der Waals surface area contributed by atoms with E-state index in [4.69, 9.17) is 18.9 Å². The maximum absolute atomic E-state index is 12.0. The van der Waals surface area contributed by atoms with Crippen LogP contribution in [-0.2, 0) is 14.2 Å². The molecule has 0 amide bonds. The summed E-state index contributed by atoms with van der Waals surface area (Å²) in [6.45, 7) is -0.567. The molecule has 4 N–H and O–H groups in total. The van der Waals surface area contributed by atoms with Crippen LogP contribution in [0, 0.1) is 0 Å². The highest BCUT2D eigenvalue weighted by Crippen LogP contribution is 2.28. The summed E-state index contributed by atoms with van der Waals surface area (Å²) < 4.78 is 20.4. The average Bonchev–Trinajstić information content (AvgIpc) is 2.83. The lowest BCUT2D eigenvalue weighted by Crippen LogP contribution is -2.60. The minimum absolute atomic E-state index is 0.173. The smallest absolute Gasteiger partial charge is 0.337 e. The van der Waals surface area contributed by atoms with Crippen LogP contribution in [0.15, 0.2) is 42.5 Å². The summed E-state index contributed by atoms with van der Waals surface area (Å²) in [7, 11) is 2.47. The van der Waals surface area contributed by atoms with Crippen LogP contribution in [-0.4, -0.2) is 83.9 Å². The van der Waals surface area contributed by atoms with E-state index in [0.717, 1.165) is 0 Å². The Morgan fingerprint density at radius 3 is 1.91 bits per heavy atom. The zero-order chi connectivity index (χ0) is 23.4. The summed E-state index contributed by atoms with van der Waals surface area (Å²) >= 11 is 0. The minimum atomic E-state index is -1.55. The van der Waals surface area contributed by atoms with Crippen LogP contribution in [0.25, 0.3) is 11.1 Å². The van der Waals surface area contributed by atoms with E-state index in [9.17, 15) is 30.0 Å². The van der Waals surface area contributed by atoms with E-state index < -0.39 is 49.3 Å². The van der Waals surface area contributed by atoms with E-state index in [1.807, 2.05) is 0 Å². The van der Waals surface area contributed by atoms with E-state index in [-0.39, 0.29) is 16.9 Å². The summed E-state index contributed by atoms with van der Waals surface area (Å²) in [6.07, 6.45) is -6.97. The van der Waals surface area contributed by atoms with Crippen molar-refractivity contribution in [1.29, 1.82) is 0 Å². The summed E-state index contributed by atoms with van der Waals surface area (Å²) in [5.74, 6) is -0.949. The minimum Gasteiger partial charge on any atom is -0.465 e. The van der Waals surface area contributed by atoms with Crippen LogP contribution < -0.4 is 4.74 Å². The molecule has 5 atom stereocenters. The molecule has 3 rings (SSSR count). The number of carbonyl (C=O) groups is 2. The number of benzene rings is 2. The lowest BCUT2D eigenvalue weighted by Gasteiger charge is -2.39. The zero-order valence-corrected chi connectivity index (χ0v) is 17.4. The summed E-state index contributed by atoms with van der Waals surface area (Å²) in [4.78, 5) is 24.0. The number of hydrogen-bond donors (Lipinski definition) is 4. The first-order valence-electron chi connectivity index (χ1n) is 9.68. The van der Waals surface area contributed by atoms with Crippen LogP contribution in [0.2, 0.25) is 0 Å². The highest BCUT2D eigenvalue weighted by atomic mass is 16.7. The molecule has 0 bridgehead atoms. The van der Waals surface area contributed by atoms with Crippen molar-refractivity contribution in [2.24, 2.45) is 0 Å². The Bertz CT molecular complexity index is 921. The quantitative estimate of drug-likeness (QED) is 0.448. The SMILES string of the molecule is COC(=O)c1cc(C(=O)OC)cc(-c2ccc(O[C@H]3O[C@H](CO)[C@@H](O)[C@H](O)[C@@H]3O)cc2)c1. The third-order valence-corrected chi connectivity index (χ3v) is 5.06. The van der Waals surface area contributed by atoms with Gasteiger partial charge in [0.05, 0.1) is 32.0 Å². The molecule has 172 valence electrons. The van der Waals surface area contributed by atoms with Crippen molar-refractivity contribution in [3.05, 3.63) is 53.6 Å². The monoisotopic (exact) mass is 448 g/mol. The van der Waals surface area contributed by atoms with Crippen molar-refractivity contribution < 1.29 is 49.0 Å².